The van der Waals surface area contributed by atoms with E-state index in [4.69, 9.17) is 10.6 Å². The summed E-state index contributed by atoms with van der Waals surface area (Å²) in [5.74, 6) is 5.54. The summed E-state index contributed by atoms with van der Waals surface area (Å²) in [6.07, 6.45) is 1.13. The predicted octanol–water partition coefficient (Wildman–Crippen LogP) is 0.912. The Labute approximate surface area is 96.9 Å². The molecule has 1 rings (SSSR count). The number of nitrogens with zero attached hydrogens (tertiary/aromatic N) is 2. The molecule has 3 N–H and O–H groups in total. The van der Waals surface area contributed by atoms with Crippen molar-refractivity contribution in [2.45, 2.75) is 39.3 Å². The first-order valence-corrected chi connectivity index (χ1v) is 5.69. The van der Waals surface area contributed by atoms with E-state index < -0.39 is 0 Å². The number of hydrazine groups is 1. The lowest BCUT2D eigenvalue weighted by molar-refractivity contribution is 0.0596. The van der Waals surface area contributed by atoms with E-state index in [1.165, 1.54) is 0 Å². The van der Waals surface area contributed by atoms with Crippen LogP contribution in [-0.4, -0.2) is 22.5 Å². The van der Waals surface area contributed by atoms with Crippen LogP contribution in [0.4, 0.5) is 0 Å². The summed E-state index contributed by atoms with van der Waals surface area (Å²) in [6.45, 7) is 6.65. The summed E-state index contributed by atoms with van der Waals surface area (Å²) in [5, 5.41) is 4.39. The molecule has 1 atom stereocenters. The Kier molecular flexibility index (Phi) is 4.92. The lowest BCUT2D eigenvalue weighted by atomic mass is 10.2. The summed E-state index contributed by atoms with van der Waals surface area (Å²) in [7, 11) is 1.92. The van der Waals surface area contributed by atoms with Crippen molar-refractivity contribution in [1.82, 2.24) is 15.2 Å². The van der Waals surface area contributed by atoms with Crippen molar-refractivity contribution in [3.05, 3.63) is 17.5 Å². The van der Waals surface area contributed by atoms with Crippen molar-refractivity contribution in [3.8, 4) is 0 Å². The molecule has 0 aliphatic heterocycles. The molecule has 16 heavy (non-hydrogen) atoms. The fourth-order valence-corrected chi connectivity index (χ4v) is 1.55. The SMILES string of the molecule is CCc1cc(C(COC(C)C)NN)n(C)n1. The third-order valence-electron chi connectivity index (χ3n) is 2.48. The Hall–Kier alpha value is -0.910. The Morgan fingerprint density at radius 2 is 2.25 bits per heavy atom. The van der Waals surface area contributed by atoms with E-state index >= 15 is 0 Å². The van der Waals surface area contributed by atoms with Crippen LogP contribution in [0, 0.1) is 0 Å². The molecule has 1 heterocycles. The average Bonchev–Trinajstić information content (AvgIpc) is 2.61. The van der Waals surface area contributed by atoms with Crippen LogP contribution in [0.1, 0.15) is 38.2 Å². The quantitative estimate of drug-likeness (QED) is 0.559. The number of nitrogens with two attached hydrogens (primary N) is 1. The Bertz CT molecular complexity index is 322. The van der Waals surface area contributed by atoms with Gasteiger partial charge in [-0.3, -0.25) is 10.5 Å². The Morgan fingerprint density at radius 3 is 2.69 bits per heavy atom. The first-order chi connectivity index (χ1) is 7.58. The Morgan fingerprint density at radius 1 is 1.56 bits per heavy atom. The van der Waals surface area contributed by atoms with Crippen LogP contribution in [0.15, 0.2) is 6.07 Å². The lowest BCUT2D eigenvalue weighted by Crippen LogP contribution is -2.33. The van der Waals surface area contributed by atoms with Crippen LogP contribution >= 0.6 is 0 Å². The van der Waals surface area contributed by atoms with Gasteiger partial charge >= 0.3 is 0 Å². The number of hydrogen-bond acceptors (Lipinski definition) is 4. The third kappa shape index (κ3) is 3.30. The predicted molar refractivity (Wildman–Crippen MR) is 63.7 cm³/mol. The number of ether oxygens (including phenoxy) is 1. The van der Waals surface area contributed by atoms with Gasteiger partial charge in [-0.2, -0.15) is 5.10 Å². The van der Waals surface area contributed by atoms with Crippen LogP contribution in [0.5, 0.6) is 0 Å². The topological polar surface area (TPSA) is 65.1 Å². The molecule has 0 saturated carbocycles. The minimum Gasteiger partial charge on any atom is -0.377 e. The molecule has 0 amide bonds. The van der Waals surface area contributed by atoms with Crippen molar-refractivity contribution < 1.29 is 4.74 Å². The molecule has 0 bridgehead atoms. The molecule has 0 aliphatic carbocycles. The highest BCUT2D eigenvalue weighted by molar-refractivity contribution is 5.14. The highest BCUT2D eigenvalue weighted by atomic mass is 16.5. The molecular weight excluding hydrogens is 204 g/mol. The van der Waals surface area contributed by atoms with E-state index in [-0.39, 0.29) is 12.1 Å². The van der Waals surface area contributed by atoms with Crippen molar-refractivity contribution in [3.63, 3.8) is 0 Å². The van der Waals surface area contributed by atoms with Gasteiger partial charge in [-0.15, -0.1) is 0 Å². The molecular formula is C11H22N4O. The fourth-order valence-electron chi connectivity index (χ4n) is 1.55. The summed E-state index contributed by atoms with van der Waals surface area (Å²) in [4.78, 5) is 0. The number of nitrogens with one attached hydrogen (secondary N) is 1. The van der Waals surface area contributed by atoms with Gasteiger partial charge in [-0.05, 0) is 26.3 Å². The smallest absolute Gasteiger partial charge is 0.0862 e. The zero-order valence-corrected chi connectivity index (χ0v) is 10.5. The largest absolute Gasteiger partial charge is 0.377 e. The fraction of sp³-hybridized carbons (Fsp3) is 0.727. The van der Waals surface area contributed by atoms with Gasteiger partial charge in [0.2, 0.25) is 0 Å². The van der Waals surface area contributed by atoms with Crippen molar-refractivity contribution in [1.29, 1.82) is 0 Å². The maximum atomic E-state index is 5.56. The van der Waals surface area contributed by atoms with E-state index in [1.54, 1.807) is 0 Å². The molecule has 92 valence electrons. The van der Waals surface area contributed by atoms with Gasteiger partial charge in [0, 0.05) is 7.05 Å². The van der Waals surface area contributed by atoms with Crippen LogP contribution in [0.2, 0.25) is 0 Å². The van der Waals surface area contributed by atoms with Crippen LogP contribution in [0.3, 0.4) is 0 Å². The number of rotatable bonds is 6. The van der Waals surface area contributed by atoms with Gasteiger partial charge < -0.3 is 4.74 Å². The summed E-state index contributed by atoms with van der Waals surface area (Å²) in [6, 6.07) is 2.05. The molecule has 1 aromatic heterocycles. The van der Waals surface area contributed by atoms with Crippen LogP contribution < -0.4 is 11.3 Å². The lowest BCUT2D eigenvalue weighted by Gasteiger charge is -2.17. The normalized spacial score (nSPS) is 13.4. The van der Waals surface area contributed by atoms with E-state index in [0.29, 0.717) is 6.61 Å². The molecule has 0 spiro atoms. The number of aryl methyl sites for hydroxylation is 2. The first-order valence-electron chi connectivity index (χ1n) is 5.69. The molecule has 0 saturated heterocycles. The van der Waals surface area contributed by atoms with Gasteiger partial charge in [0.25, 0.3) is 0 Å². The van der Waals surface area contributed by atoms with Gasteiger partial charge in [-0.25, -0.2) is 5.43 Å². The highest BCUT2D eigenvalue weighted by Gasteiger charge is 2.15. The minimum atomic E-state index is -0.0137. The van der Waals surface area contributed by atoms with Crippen LogP contribution in [0.25, 0.3) is 0 Å². The molecule has 5 nitrogen and oxygen atoms in total. The zero-order valence-electron chi connectivity index (χ0n) is 10.5. The van der Waals surface area contributed by atoms with Gasteiger partial charge in [0.1, 0.15) is 0 Å². The molecule has 0 aliphatic rings. The second-order valence-corrected chi connectivity index (χ2v) is 4.14. The van der Waals surface area contributed by atoms with Crippen molar-refractivity contribution >= 4 is 0 Å². The monoisotopic (exact) mass is 226 g/mol. The average molecular weight is 226 g/mol. The summed E-state index contributed by atoms with van der Waals surface area (Å²) < 4.78 is 7.42. The molecule has 1 unspecified atom stereocenters. The summed E-state index contributed by atoms with van der Waals surface area (Å²) >= 11 is 0. The van der Waals surface area contributed by atoms with Gasteiger partial charge in [-0.1, -0.05) is 6.92 Å². The standard InChI is InChI=1S/C11H22N4O/c1-5-9-6-11(15(4)14-9)10(13-12)7-16-8(2)3/h6,8,10,13H,5,7,12H2,1-4H3. The summed E-state index contributed by atoms with van der Waals surface area (Å²) in [5.41, 5.74) is 4.89. The maximum absolute atomic E-state index is 5.56. The highest BCUT2D eigenvalue weighted by Crippen LogP contribution is 2.14. The molecule has 0 aromatic carbocycles. The molecule has 1 aromatic rings. The number of aromatic nitrogens is 2. The van der Waals surface area contributed by atoms with Crippen LogP contribution in [-0.2, 0) is 18.2 Å². The van der Waals surface area contributed by atoms with Gasteiger partial charge in [0.15, 0.2) is 0 Å². The molecule has 0 radical (unpaired) electrons. The Balaban J connectivity index is 2.73. The number of hydrogen-bond donors (Lipinski definition) is 2. The molecule has 5 heteroatoms. The van der Waals surface area contributed by atoms with Crippen molar-refractivity contribution in [2.75, 3.05) is 6.61 Å². The molecule has 0 fully saturated rings. The van der Waals surface area contributed by atoms with E-state index in [9.17, 15) is 0 Å². The first kappa shape index (κ1) is 13.2. The minimum absolute atomic E-state index is 0.0137. The second kappa shape index (κ2) is 5.98. The zero-order chi connectivity index (χ0) is 12.1. The van der Waals surface area contributed by atoms with E-state index in [0.717, 1.165) is 17.8 Å². The van der Waals surface area contributed by atoms with E-state index in [2.05, 4.69) is 23.5 Å². The van der Waals surface area contributed by atoms with Crippen molar-refractivity contribution in [2.24, 2.45) is 12.9 Å². The maximum Gasteiger partial charge on any atom is 0.0862 e. The van der Waals surface area contributed by atoms with Gasteiger partial charge in [0.05, 0.1) is 30.1 Å². The van der Waals surface area contributed by atoms with E-state index in [1.807, 2.05) is 25.6 Å². The second-order valence-electron chi connectivity index (χ2n) is 4.14. The third-order valence-corrected chi connectivity index (χ3v) is 2.48.